The maximum Gasteiger partial charge on any atom is 0.185 e. The van der Waals surface area contributed by atoms with E-state index in [0.717, 1.165) is 0 Å². The molecule has 0 aliphatic heterocycles. The highest BCUT2D eigenvalue weighted by atomic mass is 16.4. The van der Waals surface area contributed by atoms with Crippen molar-refractivity contribution >= 4 is 17.3 Å². The zero-order valence-electron chi connectivity index (χ0n) is 16.4. The molecule has 0 aromatic carbocycles. The van der Waals surface area contributed by atoms with E-state index in [0.29, 0.717) is 31.1 Å². The summed E-state index contributed by atoms with van der Waals surface area (Å²) in [5.41, 5.74) is -2.14. The van der Waals surface area contributed by atoms with Crippen molar-refractivity contribution in [2.24, 2.45) is 29.6 Å². The smallest absolute Gasteiger partial charge is 0.185 e. The first-order valence-corrected chi connectivity index (χ1v) is 9.46. The monoisotopic (exact) mass is 354 g/mol. The third-order valence-corrected chi connectivity index (χ3v) is 5.23. The Bertz CT molecular complexity index is 508. The molecule has 4 atom stereocenters. The first kappa shape index (κ1) is 22.0. The summed E-state index contributed by atoms with van der Waals surface area (Å²) in [7, 11) is 0. The van der Waals surface area contributed by atoms with Crippen LogP contribution >= 0.6 is 0 Å². The fourth-order valence-corrected chi connectivity index (χ4v) is 3.52. The topological polar surface area (TPSA) is 91.7 Å². The molecule has 1 unspecified atom stereocenters. The van der Waals surface area contributed by atoms with Gasteiger partial charge in [-0.25, -0.2) is 0 Å². The van der Waals surface area contributed by atoms with Gasteiger partial charge in [0.05, 0.1) is 12.0 Å². The summed E-state index contributed by atoms with van der Waals surface area (Å²) in [5.74, 6) is -4.10. The van der Waals surface area contributed by atoms with E-state index in [1.807, 2.05) is 27.7 Å². The van der Waals surface area contributed by atoms with E-state index in [1.165, 1.54) is 0 Å². The van der Waals surface area contributed by atoms with Crippen LogP contribution in [0.1, 0.15) is 67.2 Å². The summed E-state index contributed by atoms with van der Waals surface area (Å²) in [6, 6.07) is 0. The molecule has 1 saturated carbocycles. The molecule has 0 amide bonds. The Kier molecular flexibility index (Phi) is 7.51. The molecular formula is C20H34O5. The van der Waals surface area contributed by atoms with Gasteiger partial charge in [-0.05, 0) is 31.1 Å². The molecule has 0 aromatic rings. The van der Waals surface area contributed by atoms with Crippen LogP contribution in [0.15, 0.2) is 0 Å². The molecule has 1 aliphatic rings. The van der Waals surface area contributed by atoms with Gasteiger partial charge in [0.25, 0.3) is 0 Å². The minimum atomic E-state index is -2.14. The molecule has 1 rings (SSSR count). The molecule has 0 heterocycles. The maximum absolute atomic E-state index is 12.9. The summed E-state index contributed by atoms with van der Waals surface area (Å²) < 4.78 is 0. The molecule has 5 nitrogen and oxygen atoms in total. The molecule has 0 spiro atoms. The highest BCUT2D eigenvalue weighted by Crippen LogP contribution is 2.42. The summed E-state index contributed by atoms with van der Waals surface area (Å²) in [4.78, 5) is 38.1. The lowest BCUT2D eigenvalue weighted by Crippen LogP contribution is -2.52. The summed E-state index contributed by atoms with van der Waals surface area (Å²) >= 11 is 0. The van der Waals surface area contributed by atoms with E-state index in [2.05, 4.69) is 0 Å². The highest BCUT2D eigenvalue weighted by Gasteiger charge is 2.64. The number of aliphatic hydroxyl groups excluding tert-OH is 1. The van der Waals surface area contributed by atoms with Crippen LogP contribution < -0.4 is 0 Å². The van der Waals surface area contributed by atoms with Crippen LogP contribution in [-0.4, -0.2) is 39.3 Å². The van der Waals surface area contributed by atoms with E-state index in [1.54, 1.807) is 13.8 Å². The largest absolute Gasteiger partial charge is 0.390 e. The van der Waals surface area contributed by atoms with Gasteiger partial charge in [-0.3, -0.25) is 14.4 Å². The number of rotatable bonds is 9. The van der Waals surface area contributed by atoms with Crippen molar-refractivity contribution in [3.63, 3.8) is 0 Å². The lowest BCUT2D eigenvalue weighted by Gasteiger charge is -2.33. The van der Waals surface area contributed by atoms with Crippen molar-refractivity contribution in [1.29, 1.82) is 0 Å². The normalized spacial score (nSPS) is 28.4. The molecule has 0 aromatic heterocycles. The molecule has 0 saturated heterocycles. The standard InChI is InChI=1S/C20H34O5/c1-11(2)7-9-14-18(23)16(17(22)13(5)6)19(24)20(14,25)15(21)10-8-12(3)4/h11-16,21,25H,7-10H2,1-6H3/t14-,15+,16?,20-/m0/s1. The van der Waals surface area contributed by atoms with Gasteiger partial charge < -0.3 is 10.2 Å². The van der Waals surface area contributed by atoms with Gasteiger partial charge in [0.2, 0.25) is 0 Å². The first-order chi connectivity index (χ1) is 11.4. The van der Waals surface area contributed by atoms with Crippen molar-refractivity contribution in [2.75, 3.05) is 0 Å². The molecule has 2 N–H and O–H groups in total. The van der Waals surface area contributed by atoms with Crippen molar-refractivity contribution in [3.05, 3.63) is 0 Å². The molecule has 5 heteroatoms. The first-order valence-electron chi connectivity index (χ1n) is 9.46. The zero-order valence-corrected chi connectivity index (χ0v) is 16.4. The van der Waals surface area contributed by atoms with Gasteiger partial charge in [0.15, 0.2) is 23.0 Å². The van der Waals surface area contributed by atoms with E-state index < -0.39 is 46.8 Å². The average Bonchev–Trinajstić information content (AvgIpc) is 2.69. The van der Waals surface area contributed by atoms with E-state index in [9.17, 15) is 24.6 Å². The number of carbonyl (C=O) groups excluding carboxylic acids is 3. The Morgan fingerprint density at radius 1 is 1.00 bits per heavy atom. The van der Waals surface area contributed by atoms with E-state index in [-0.39, 0.29) is 6.42 Å². The van der Waals surface area contributed by atoms with E-state index >= 15 is 0 Å². The Labute approximate surface area is 151 Å². The van der Waals surface area contributed by atoms with Crippen molar-refractivity contribution < 1.29 is 24.6 Å². The number of carbonyl (C=O) groups is 3. The van der Waals surface area contributed by atoms with Crippen LogP contribution in [0, 0.1) is 29.6 Å². The lowest BCUT2D eigenvalue weighted by molar-refractivity contribution is -0.158. The second kappa shape index (κ2) is 8.54. The zero-order chi connectivity index (χ0) is 19.5. The summed E-state index contributed by atoms with van der Waals surface area (Å²) in [6.07, 6.45) is 0.483. The van der Waals surface area contributed by atoms with Crippen molar-refractivity contribution in [1.82, 2.24) is 0 Å². The predicted molar refractivity (Wildman–Crippen MR) is 95.9 cm³/mol. The van der Waals surface area contributed by atoms with E-state index in [4.69, 9.17) is 0 Å². The predicted octanol–water partition coefficient (Wildman–Crippen LogP) is 2.56. The van der Waals surface area contributed by atoms with Gasteiger partial charge in [0.1, 0.15) is 5.92 Å². The Morgan fingerprint density at radius 2 is 1.52 bits per heavy atom. The maximum atomic E-state index is 12.9. The quantitative estimate of drug-likeness (QED) is 0.621. The number of ketones is 3. The Balaban J connectivity index is 3.20. The third kappa shape index (κ3) is 4.56. The summed E-state index contributed by atoms with van der Waals surface area (Å²) in [5, 5.41) is 21.7. The number of Topliss-reactive ketones (excluding diaryl/α,β-unsaturated/α-hetero) is 3. The van der Waals surface area contributed by atoms with Gasteiger partial charge in [-0.15, -0.1) is 0 Å². The number of hydrogen-bond donors (Lipinski definition) is 2. The van der Waals surface area contributed by atoms with Gasteiger partial charge in [0, 0.05) is 5.92 Å². The third-order valence-electron chi connectivity index (χ3n) is 5.23. The van der Waals surface area contributed by atoms with Crippen LogP contribution in [0.2, 0.25) is 0 Å². The Hall–Kier alpha value is -1.07. The second-order valence-corrected chi connectivity index (χ2v) is 8.59. The molecule has 0 bridgehead atoms. The number of aliphatic hydroxyl groups is 2. The molecule has 1 fully saturated rings. The fourth-order valence-electron chi connectivity index (χ4n) is 3.52. The molecular weight excluding hydrogens is 320 g/mol. The van der Waals surface area contributed by atoms with Gasteiger partial charge in [-0.2, -0.15) is 0 Å². The average molecular weight is 354 g/mol. The van der Waals surface area contributed by atoms with Crippen molar-refractivity contribution in [3.8, 4) is 0 Å². The number of hydrogen-bond acceptors (Lipinski definition) is 5. The van der Waals surface area contributed by atoms with Crippen LogP contribution in [0.4, 0.5) is 0 Å². The minimum Gasteiger partial charge on any atom is -0.390 e. The highest BCUT2D eigenvalue weighted by molar-refractivity contribution is 6.27. The molecule has 1 aliphatic carbocycles. The van der Waals surface area contributed by atoms with Crippen molar-refractivity contribution in [2.45, 2.75) is 78.9 Å². The van der Waals surface area contributed by atoms with Crippen LogP contribution in [0.3, 0.4) is 0 Å². The van der Waals surface area contributed by atoms with Gasteiger partial charge >= 0.3 is 0 Å². The van der Waals surface area contributed by atoms with Gasteiger partial charge in [-0.1, -0.05) is 48.0 Å². The Morgan fingerprint density at radius 3 is 1.96 bits per heavy atom. The SMILES string of the molecule is CC(C)CC[C@@H](O)[C@]1(O)C(=O)C(C(=O)C(C)C)C(=O)[C@@H]1CCC(C)C. The minimum absolute atomic E-state index is 0.230. The van der Waals surface area contributed by atoms with Crippen LogP contribution in [-0.2, 0) is 14.4 Å². The second-order valence-electron chi connectivity index (χ2n) is 8.59. The summed E-state index contributed by atoms with van der Waals surface area (Å²) in [6.45, 7) is 11.2. The molecule has 25 heavy (non-hydrogen) atoms. The van der Waals surface area contributed by atoms with Crippen LogP contribution in [0.5, 0.6) is 0 Å². The molecule has 0 radical (unpaired) electrons. The molecule has 144 valence electrons. The fraction of sp³-hybridized carbons (Fsp3) is 0.850. The lowest BCUT2D eigenvalue weighted by atomic mass is 9.78. The van der Waals surface area contributed by atoms with Crippen LogP contribution in [0.25, 0.3) is 0 Å².